The van der Waals surface area contributed by atoms with Crippen LogP contribution in [0, 0.1) is 0 Å². The number of hydrogen-bond acceptors (Lipinski definition) is 4. The van der Waals surface area contributed by atoms with Gasteiger partial charge < -0.3 is 19.5 Å². The molecule has 4 aromatic rings. The lowest BCUT2D eigenvalue weighted by atomic mass is 10.1. The molecule has 0 aliphatic carbocycles. The number of fused-ring (bicyclic) bond motifs is 2. The number of carbonyl (C=O) groups excluding carboxylic acids is 1. The average Bonchev–Trinajstić information content (AvgIpc) is 3.35. The molecule has 6 heteroatoms. The van der Waals surface area contributed by atoms with E-state index in [1.165, 1.54) is 0 Å². The van der Waals surface area contributed by atoms with E-state index in [1.807, 2.05) is 48.5 Å². The molecule has 0 radical (unpaired) electrons. The molecule has 0 bridgehead atoms. The summed E-state index contributed by atoms with van der Waals surface area (Å²) >= 11 is 0. The Morgan fingerprint density at radius 1 is 1.24 bits per heavy atom. The second kappa shape index (κ2) is 8.22. The highest BCUT2D eigenvalue weighted by atomic mass is 16.5. The van der Waals surface area contributed by atoms with Gasteiger partial charge in [-0.25, -0.2) is 4.98 Å². The molecule has 0 fully saturated rings. The van der Waals surface area contributed by atoms with Gasteiger partial charge in [-0.2, -0.15) is 0 Å². The smallest absolute Gasteiger partial charge is 0.255 e. The number of para-hydroxylation sites is 3. The van der Waals surface area contributed by atoms with Gasteiger partial charge in [0.05, 0.1) is 23.7 Å². The third-order valence-corrected chi connectivity index (χ3v) is 4.74. The van der Waals surface area contributed by atoms with Gasteiger partial charge in [0.25, 0.3) is 5.91 Å². The number of carbonyl (C=O) groups is 1. The number of aromatic amines is 1. The molecule has 2 aromatic carbocycles. The number of nitrogens with one attached hydrogen (secondary N) is 2. The van der Waals surface area contributed by atoms with E-state index in [1.54, 1.807) is 13.2 Å². The van der Waals surface area contributed by atoms with Crippen LogP contribution in [0.5, 0.6) is 5.75 Å². The molecule has 0 spiro atoms. The minimum Gasteiger partial charge on any atom is -0.493 e. The summed E-state index contributed by atoms with van der Waals surface area (Å²) in [5.41, 5.74) is 2.76. The number of rotatable bonds is 7. The van der Waals surface area contributed by atoms with E-state index < -0.39 is 0 Å². The Kier molecular flexibility index (Phi) is 5.33. The maximum atomic E-state index is 12.9. The molecule has 2 N–H and O–H groups in total. The van der Waals surface area contributed by atoms with Crippen molar-refractivity contribution >= 4 is 39.6 Å². The number of methoxy groups -OCH3 is 1. The zero-order valence-electron chi connectivity index (χ0n) is 16.5. The summed E-state index contributed by atoms with van der Waals surface area (Å²) in [4.78, 5) is 20.8. The zero-order chi connectivity index (χ0) is 20.2. The van der Waals surface area contributed by atoms with Crippen molar-refractivity contribution in [1.29, 1.82) is 0 Å². The van der Waals surface area contributed by atoms with E-state index in [4.69, 9.17) is 9.15 Å². The molecule has 1 amide bonds. The summed E-state index contributed by atoms with van der Waals surface area (Å²) in [5.74, 6) is 1.53. The predicted octanol–water partition coefficient (Wildman–Crippen LogP) is 4.77. The molecule has 29 heavy (non-hydrogen) atoms. The van der Waals surface area contributed by atoms with Gasteiger partial charge in [0.15, 0.2) is 11.3 Å². The monoisotopic (exact) mass is 389 g/mol. The first-order valence-electron chi connectivity index (χ1n) is 9.71. The van der Waals surface area contributed by atoms with Crippen molar-refractivity contribution in [3.63, 3.8) is 0 Å². The largest absolute Gasteiger partial charge is 0.493 e. The van der Waals surface area contributed by atoms with Crippen molar-refractivity contribution in [2.24, 2.45) is 0 Å². The van der Waals surface area contributed by atoms with Crippen LogP contribution in [0.15, 0.2) is 52.9 Å². The fraction of sp³-hybridized carbons (Fsp3) is 0.217. The van der Waals surface area contributed by atoms with Crippen molar-refractivity contribution < 1.29 is 13.9 Å². The van der Waals surface area contributed by atoms with Crippen LogP contribution in [0.3, 0.4) is 0 Å². The van der Waals surface area contributed by atoms with Crippen molar-refractivity contribution in [1.82, 2.24) is 15.3 Å². The fourth-order valence-corrected chi connectivity index (χ4v) is 3.23. The average molecular weight is 389 g/mol. The summed E-state index contributed by atoms with van der Waals surface area (Å²) < 4.78 is 11.3. The van der Waals surface area contributed by atoms with Crippen LogP contribution in [0.1, 0.15) is 31.4 Å². The molecular weight excluding hydrogens is 366 g/mol. The van der Waals surface area contributed by atoms with Crippen LogP contribution < -0.4 is 10.1 Å². The second-order valence-electron chi connectivity index (χ2n) is 6.80. The number of furan rings is 1. The van der Waals surface area contributed by atoms with E-state index in [2.05, 4.69) is 22.2 Å². The Labute approximate surface area is 168 Å². The quantitative estimate of drug-likeness (QED) is 0.352. The SMILES string of the molecule is CCCCNC(=O)/C(=C/c1cc2cccc(OC)c2o1)c1nc2ccccc2[nH]1. The number of imidazole rings is 1. The normalized spacial score (nSPS) is 11.9. The number of amides is 1. The van der Waals surface area contributed by atoms with Crippen molar-refractivity contribution in [2.75, 3.05) is 13.7 Å². The summed E-state index contributed by atoms with van der Waals surface area (Å²) in [5, 5.41) is 3.88. The topological polar surface area (TPSA) is 80.2 Å². The van der Waals surface area contributed by atoms with Gasteiger partial charge in [0.1, 0.15) is 11.6 Å². The molecule has 6 nitrogen and oxygen atoms in total. The standard InChI is InChI=1S/C23H23N3O3/c1-3-4-12-24-23(27)17(22-25-18-9-5-6-10-19(18)26-22)14-16-13-15-8-7-11-20(28-2)21(15)29-16/h5-11,13-14H,3-4,12H2,1-2H3,(H,24,27)(H,25,26)/b17-14+. The van der Waals surface area contributed by atoms with Gasteiger partial charge in [0.2, 0.25) is 0 Å². The minimum absolute atomic E-state index is 0.190. The van der Waals surface area contributed by atoms with Crippen LogP contribution in [0.25, 0.3) is 33.7 Å². The second-order valence-corrected chi connectivity index (χ2v) is 6.80. The lowest BCUT2D eigenvalue weighted by Crippen LogP contribution is -2.25. The van der Waals surface area contributed by atoms with Crippen molar-refractivity contribution in [3.05, 3.63) is 60.1 Å². The highest BCUT2D eigenvalue weighted by Crippen LogP contribution is 2.30. The van der Waals surface area contributed by atoms with Gasteiger partial charge in [-0.1, -0.05) is 37.6 Å². The fourth-order valence-electron chi connectivity index (χ4n) is 3.23. The van der Waals surface area contributed by atoms with E-state index in [9.17, 15) is 4.79 Å². The number of H-pyrrole nitrogens is 1. The maximum Gasteiger partial charge on any atom is 0.255 e. The number of unbranched alkanes of at least 4 members (excludes halogenated alkanes) is 1. The Morgan fingerprint density at radius 2 is 2.10 bits per heavy atom. The summed E-state index contributed by atoms with van der Waals surface area (Å²) in [6.07, 6.45) is 3.65. The van der Waals surface area contributed by atoms with E-state index >= 15 is 0 Å². The number of ether oxygens (including phenoxy) is 1. The number of hydrogen-bond donors (Lipinski definition) is 2. The zero-order valence-corrected chi connectivity index (χ0v) is 16.5. The van der Waals surface area contributed by atoms with Crippen LogP contribution >= 0.6 is 0 Å². The number of aromatic nitrogens is 2. The highest BCUT2D eigenvalue weighted by molar-refractivity contribution is 6.23. The molecule has 0 unspecified atom stereocenters. The van der Waals surface area contributed by atoms with Gasteiger partial charge in [-0.05, 0) is 36.8 Å². The molecule has 4 rings (SSSR count). The van der Waals surface area contributed by atoms with Crippen LogP contribution in [-0.4, -0.2) is 29.5 Å². The molecule has 0 atom stereocenters. The molecule has 2 heterocycles. The first-order valence-corrected chi connectivity index (χ1v) is 9.71. The van der Waals surface area contributed by atoms with Gasteiger partial charge in [-0.15, -0.1) is 0 Å². The van der Waals surface area contributed by atoms with Gasteiger partial charge >= 0.3 is 0 Å². The summed E-state index contributed by atoms with van der Waals surface area (Å²) in [6, 6.07) is 15.3. The Balaban J connectivity index is 1.77. The summed E-state index contributed by atoms with van der Waals surface area (Å²) in [6.45, 7) is 2.70. The van der Waals surface area contributed by atoms with E-state index in [-0.39, 0.29) is 5.91 Å². The van der Waals surface area contributed by atoms with E-state index in [0.717, 1.165) is 29.3 Å². The third kappa shape index (κ3) is 3.87. The van der Waals surface area contributed by atoms with Gasteiger partial charge in [-0.3, -0.25) is 4.79 Å². The lowest BCUT2D eigenvalue weighted by molar-refractivity contribution is -0.115. The number of nitrogens with zero attached hydrogens (tertiary/aromatic N) is 1. The minimum atomic E-state index is -0.190. The van der Waals surface area contributed by atoms with Crippen LogP contribution in [0.2, 0.25) is 0 Å². The molecule has 0 aliphatic heterocycles. The van der Waals surface area contributed by atoms with Crippen molar-refractivity contribution in [3.8, 4) is 5.75 Å². The molecule has 0 saturated heterocycles. The third-order valence-electron chi connectivity index (χ3n) is 4.74. The maximum absolute atomic E-state index is 12.9. The van der Waals surface area contributed by atoms with E-state index in [0.29, 0.717) is 35.0 Å². The summed E-state index contributed by atoms with van der Waals surface area (Å²) in [7, 11) is 1.60. The first-order chi connectivity index (χ1) is 14.2. The number of benzene rings is 2. The first kappa shape index (κ1) is 18.8. The van der Waals surface area contributed by atoms with Crippen LogP contribution in [0.4, 0.5) is 0 Å². The molecule has 0 saturated carbocycles. The lowest BCUT2D eigenvalue weighted by Gasteiger charge is -2.06. The van der Waals surface area contributed by atoms with Crippen LogP contribution in [-0.2, 0) is 4.79 Å². The Hall–Kier alpha value is -3.54. The molecule has 148 valence electrons. The Morgan fingerprint density at radius 3 is 2.90 bits per heavy atom. The van der Waals surface area contributed by atoms with Gasteiger partial charge in [0, 0.05) is 11.9 Å². The van der Waals surface area contributed by atoms with Crippen molar-refractivity contribution in [2.45, 2.75) is 19.8 Å². The predicted molar refractivity (Wildman–Crippen MR) is 115 cm³/mol. The Bertz CT molecular complexity index is 1150. The highest BCUT2D eigenvalue weighted by Gasteiger charge is 2.18. The molecular formula is C23H23N3O3. The molecule has 2 aromatic heterocycles. The molecule has 0 aliphatic rings.